The van der Waals surface area contributed by atoms with Crippen molar-refractivity contribution in [1.82, 2.24) is 0 Å². The van der Waals surface area contributed by atoms with Gasteiger partial charge >= 0.3 is 0 Å². The van der Waals surface area contributed by atoms with Crippen LogP contribution < -0.4 is 0 Å². The van der Waals surface area contributed by atoms with Crippen LogP contribution in [-0.4, -0.2) is 4.83 Å². The van der Waals surface area contributed by atoms with Crippen LogP contribution in [-0.2, 0) is 0 Å². The molecule has 0 fully saturated rings. The van der Waals surface area contributed by atoms with E-state index in [1.54, 1.807) is 0 Å². The van der Waals surface area contributed by atoms with Crippen LogP contribution >= 0.6 is 15.9 Å². The summed E-state index contributed by atoms with van der Waals surface area (Å²) in [5.74, 6) is 0. The molecule has 0 aliphatic carbocycles. The number of nitrogens with zero attached hydrogens (tertiary/aromatic N) is 1. The number of allylic oxidation sites excluding steroid dienone is 1. The Hall–Kier alpha value is -0.290. The van der Waals surface area contributed by atoms with E-state index in [1.807, 2.05) is 13.0 Å². The number of hydrogen-bond acceptors (Lipinski definition) is 1. The van der Waals surface area contributed by atoms with Gasteiger partial charge in [0.2, 0.25) is 0 Å². The third-order valence-corrected chi connectivity index (χ3v) is 1.53. The van der Waals surface area contributed by atoms with Gasteiger partial charge in [0.15, 0.2) is 0 Å². The Morgan fingerprint density at radius 2 is 2.43 bits per heavy atom. The topological polar surface area (TPSA) is 23.8 Å². The molecule has 0 aromatic heterocycles. The van der Waals surface area contributed by atoms with Crippen LogP contribution in [0, 0.1) is 11.3 Å². The second kappa shape index (κ2) is 2.81. The maximum Gasteiger partial charge on any atom is 0.122 e. The van der Waals surface area contributed by atoms with Crippen molar-refractivity contribution in [3.05, 3.63) is 12.2 Å². The molecule has 0 radical (unpaired) electrons. The number of hydrogen-bond donors (Lipinski definition) is 0. The fraction of sp³-hybridized carbons (Fsp3) is 0.400. The quantitative estimate of drug-likeness (QED) is 0.424. The summed E-state index contributed by atoms with van der Waals surface area (Å²) in [6, 6.07) is 1.98. The fourth-order valence-corrected chi connectivity index (χ4v) is 0.110. The first-order chi connectivity index (χ1) is 3.18. The number of alkyl halides is 1. The molecule has 0 saturated carbocycles. The first-order valence-electron chi connectivity index (χ1n) is 1.87. The number of halogens is 1. The smallest absolute Gasteiger partial charge is 0.122 e. The lowest BCUT2D eigenvalue weighted by molar-refractivity contribution is 1.26. The summed E-state index contributed by atoms with van der Waals surface area (Å²) in [4.78, 5) is -0.174. The van der Waals surface area contributed by atoms with Crippen molar-refractivity contribution in [3.8, 4) is 6.07 Å². The Balaban J connectivity index is 3.63. The van der Waals surface area contributed by atoms with Gasteiger partial charge in [0.1, 0.15) is 4.83 Å². The van der Waals surface area contributed by atoms with E-state index in [1.165, 1.54) is 0 Å². The summed E-state index contributed by atoms with van der Waals surface area (Å²) < 4.78 is 0. The van der Waals surface area contributed by atoms with Crippen LogP contribution in [0.1, 0.15) is 6.92 Å². The molecule has 2 heteroatoms. The average Bonchev–Trinajstić information content (AvgIpc) is 1.65. The zero-order chi connectivity index (χ0) is 5.86. The summed E-state index contributed by atoms with van der Waals surface area (Å²) in [6.07, 6.45) is 0. The second-order valence-electron chi connectivity index (χ2n) is 1.34. The summed E-state index contributed by atoms with van der Waals surface area (Å²) in [5.41, 5.74) is 0.850. The SMILES string of the molecule is C=C(C)C(Br)C#N. The van der Waals surface area contributed by atoms with Crippen molar-refractivity contribution >= 4 is 15.9 Å². The second-order valence-corrected chi connectivity index (χ2v) is 2.25. The molecular weight excluding hydrogens is 154 g/mol. The van der Waals surface area contributed by atoms with Gasteiger partial charge in [-0.2, -0.15) is 5.26 Å². The normalized spacial score (nSPS) is 12.1. The monoisotopic (exact) mass is 159 g/mol. The summed E-state index contributed by atoms with van der Waals surface area (Å²) >= 11 is 3.08. The van der Waals surface area contributed by atoms with Crippen molar-refractivity contribution in [3.63, 3.8) is 0 Å². The molecule has 7 heavy (non-hydrogen) atoms. The molecule has 0 aliphatic heterocycles. The third kappa shape index (κ3) is 2.41. The summed E-state index contributed by atoms with van der Waals surface area (Å²) in [5, 5.41) is 8.15. The van der Waals surface area contributed by atoms with Gasteiger partial charge in [-0.3, -0.25) is 0 Å². The predicted octanol–water partition coefficient (Wildman–Crippen LogP) is 1.85. The lowest BCUT2D eigenvalue weighted by Gasteiger charge is -1.92. The number of nitriles is 1. The highest BCUT2D eigenvalue weighted by atomic mass is 79.9. The molecule has 0 heterocycles. The van der Waals surface area contributed by atoms with E-state index in [-0.39, 0.29) is 4.83 Å². The van der Waals surface area contributed by atoms with E-state index >= 15 is 0 Å². The Bertz CT molecular complexity index is 112. The van der Waals surface area contributed by atoms with E-state index in [0.29, 0.717) is 0 Å². The van der Waals surface area contributed by atoms with Gasteiger partial charge in [-0.1, -0.05) is 28.1 Å². The molecule has 0 aromatic carbocycles. The lowest BCUT2D eigenvalue weighted by atomic mass is 10.3. The third-order valence-electron chi connectivity index (χ3n) is 0.546. The van der Waals surface area contributed by atoms with E-state index in [9.17, 15) is 0 Å². The highest BCUT2D eigenvalue weighted by Crippen LogP contribution is 2.06. The van der Waals surface area contributed by atoms with Gasteiger partial charge in [0.05, 0.1) is 6.07 Å². The van der Waals surface area contributed by atoms with Gasteiger partial charge < -0.3 is 0 Å². The molecule has 1 atom stereocenters. The van der Waals surface area contributed by atoms with Crippen LogP contribution in [0.15, 0.2) is 12.2 Å². The average molecular weight is 160 g/mol. The maximum atomic E-state index is 8.15. The van der Waals surface area contributed by atoms with Crippen molar-refractivity contribution in [1.29, 1.82) is 5.26 Å². The summed E-state index contributed by atoms with van der Waals surface area (Å²) in [7, 11) is 0. The Kier molecular flexibility index (Phi) is 2.70. The summed E-state index contributed by atoms with van der Waals surface area (Å²) in [6.45, 7) is 5.36. The van der Waals surface area contributed by atoms with Gasteiger partial charge in [-0.15, -0.1) is 0 Å². The van der Waals surface area contributed by atoms with Crippen LogP contribution in [0.5, 0.6) is 0 Å². The van der Waals surface area contributed by atoms with Crippen LogP contribution in [0.3, 0.4) is 0 Å². The van der Waals surface area contributed by atoms with Crippen LogP contribution in [0.2, 0.25) is 0 Å². The maximum absolute atomic E-state index is 8.15. The molecule has 0 spiro atoms. The fourth-order valence-electron chi connectivity index (χ4n) is 0.110. The van der Waals surface area contributed by atoms with Crippen molar-refractivity contribution in [2.45, 2.75) is 11.8 Å². The Morgan fingerprint density at radius 1 is 2.00 bits per heavy atom. The van der Waals surface area contributed by atoms with Gasteiger partial charge in [0.25, 0.3) is 0 Å². The zero-order valence-electron chi connectivity index (χ0n) is 4.11. The molecule has 0 amide bonds. The molecule has 0 saturated heterocycles. The molecule has 0 aliphatic rings. The molecule has 0 aromatic rings. The van der Waals surface area contributed by atoms with Gasteiger partial charge in [-0.05, 0) is 6.92 Å². The van der Waals surface area contributed by atoms with E-state index < -0.39 is 0 Å². The van der Waals surface area contributed by atoms with Crippen molar-refractivity contribution in [2.75, 3.05) is 0 Å². The van der Waals surface area contributed by atoms with Gasteiger partial charge in [0, 0.05) is 0 Å². The molecule has 1 nitrogen and oxygen atoms in total. The highest BCUT2D eigenvalue weighted by Gasteiger charge is 1.97. The van der Waals surface area contributed by atoms with Crippen molar-refractivity contribution in [2.24, 2.45) is 0 Å². The first kappa shape index (κ1) is 6.71. The van der Waals surface area contributed by atoms with E-state index in [0.717, 1.165) is 5.57 Å². The van der Waals surface area contributed by atoms with Crippen molar-refractivity contribution < 1.29 is 0 Å². The molecule has 38 valence electrons. The molecule has 0 rings (SSSR count). The van der Waals surface area contributed by atoms with E-state index in [2.05, 4.69) is 22.5 Å². The number of rotatable bonds is 1. The van der Waals surface area contributed by atoms with Crippen LogP contribution in [0.25, 0.3) is 0 Å². The first-order valence-corrected chi connectivity index (χ1v) is 2.79. The molecule has 1 unspecified atom stereocenters. The lowest BCUT2D eigenvalue weighted by Crippen LogP contribution is -1.90. The standard InChI is InChI=1S/C5H6BrN/c1-4(2)5(6)3-7/h5H,1H2,2H3. The molecule has 0 bridgehead atoms. The Labute approximate surface area is 51.8 Å². The minimum absolute atomic E-state index is 0.174. The molecule has 0 N–H and O–H groups in total. The largest absolute Gasteiger partial charge is 0.197 e. The van der Waals surface area contributed by atoms with Gasteiger partial charge in [-0.25, -0.2) is 0 Å². The predicted molar refractivity (Wildman–Crippen MR) is 33.1 cm³/mol. The minimum Gasteiger partial charge on any atom is -0.197 e. The Morgan fingerprint density at radius 3 is 2.43 bits per heavy atom. The highest BCUT2D eigenvalue weighted by molar-refractivity contribution is 9.09. The van der Waals surface area contributed by atoms with Crippen LogP contribution in [0.4, 0.5) is 0 Å². The zero-order valence-corrected chi connectivity index (χ0v) is 5.70. The molecular formula is C5H6BrN. The van der Waals surface area contributed by atoms with E-state index in [4.69, 9.17) is 5.26 Å². The minimum atomic E-state index is -0.174.